The summed E-state index contributed by atoms with van der Waals surface area (Å²) in [6, 6.07) is 0. The fraction of sp³-hybridized carbons (Fsp3) is 0.833. The van der Waals surface area contributed by atoms with Crippen LogP contribution in [0.5, 0.6) is 0 Å². The SMILES string of the molecule is O=S1(=O)C[C@@]23CC=CC[C@@]2(CCCC3)C1. The Morgan fingerprint density at radius 2 is 1.33 bits per heavy atom. The van der Waals surface area contributed by atoms with Gasteiger partial charge in [-0.15, -0.1) is 0 Å². The Morgan fingerprint density at radius 3 is 1.80 bits per heavy atom. The Balaban J connectivity index is 2.11. The van der Waals surface area contributed by atoms with Crippen molar-refractivity contribution in [3.63, 3.8) is 0 Å². The average Bonchev–Trinajstić information content (AvgIpc) is 2.42. The molecule has 1 saturated heterocycles. The Hall–Kier alpha value is -0.310. The molecule has 0 spiro atoms. The van der Waals surface area contributed by atoms with Gasteiger partial charge in [-0.05, 0) is 36.5 Å². The standard InChI is InChI=1S/C12H18O2S/c13-15(14)9-11-5-1-2-6-12(11,10-15)8-4-3-7-11/h1-2H,3-10H2/t11-,12+. The molecular formula is C12H18O2S. The van der Waals surface area contributed by atoms with Crippen molar-refractivity contribution in [3.05, 3.63) is 12.2 Å². The van der Waals surface area contributed by atoms with E-state index in [-0.39, 0.29) is 10.8 Å². The predicted molar refractivity (Wildman–Crippen MR) is 60.4 cm³/mol. The molecule has 15 heavy (non-hydrogen) atoms. The first-order valence-electron chi connectivity index (χ1n) is 5.93. The van der Waals surface area contributed by atoms with E-state index in [0.29, 0.717) is 11.5 Å². The van der Waals surface area contributed by atoms with Gasteiger partial charge in [0.2, 0.25) is 0 Å². The minimum Gasteiger partial charge on any atom is -0.229 e. The van der Waals surface area contributed by atoms with Crippen molar-refractivity contribution in [2.45, 2.75) is 38.5 Å². The number of allylic oxidation sites excluding steroid dienone is 2. The summed E-state index contributed by atoms with van der Waals surface area (Å²) in [7, 11) is -2.77. The Labute approximate surface area is 91.7 Å². The fourth-order valence-corrected chi connectivity index (χ4v) is 7.10. The van der Waals surface area contributed by atoms with E-state index in [1.165, 1.54) is 12.8 Å². The van der Waals surface area contributed by atoms with Gasteiger partial charge in [0.25, 0.3) is 0 Å². The quantitative estimate of drug-likeness (QED) is 0.594. The molecule has 1 aliphatic heterocycles. The maximum Gasteiger partial charge on any atom is 0.151 e. The molecule has 2 fully saturated rings. The molecule has 0 aromatic heterocycles. The van der Waals surface area contributed by atoms with Gasteiger partial charge in [-0.25, -0.2) is 8.42 Å². The molecule has 3 rings (SSSR count). The molecule has 0 unspecified atom stereocenters. The highest BCUT2D eigenvalue weighted by atomic mass is 32.2. The van der Waals surface area contributed by atoms with Crippen molar-refractivity contribution < 1.29 is 8.42 Å². The molecule has 84 valence electrons. The predicted octanol–water partition coefficient (Wildman–Crippen LogP) is 2.31. The van der Waals surface area contributed by atoms with Crippen LogP contribution in [0.2, 0.25) is 0 Å². The monoisotopic (exact) mass is 226 g/mol. The van der Waals surface area contributed by atoms with Gasteiger partial charge in [-0.1, -0.05) is 25.0 Å². The molecule has 0 bridgehead atoms. The molecule has 2 nitrogen and oxygen atoms in total. The van der Waals surface area contributed by atoms with Gasteiger partial charge in [0, 0.05) is 0 Å². The summed E-state index contributed by atoms with van der Waals surface area (Å²) in [5, 5.41) is 0. The zero-order chi connectivity index (χ0) is 10.6. The summed E-state index contributed by atoms with van der Waals surface area (Å²) in [4.78, 5) is 0. The van der Waals surface area contributed by atoms with Crippen molar-refractivity contribution >= 4 is 9.84 Å². The zero-order valence-electron chi connectivity index (χ0n) is 9.04. The van der Waals surface area contributed by atoms with Crippen LogP contribution in [-0.4, -0.2) is 19.9 Å². The van der Waals surface area contributed by atoms with Crippen LogP contribution in [0.1, 0.15) is 38.5 Å². The number of hydrogen-bond donors (Lipinski definition) is 0. The van der Waals surface area contributed by atoms with Gasteiger partial charge in [-0.2, -0.15) is 0 Å². The molecule has 3 heteroatoms. The minimum absolute atomic E-state index is 0.124. The van der Waals surface area contributed by atoms with Crippen LogP contribution < -0.4 is 0 Å². The molecule has 1 saturated carbocycles. The zero-order valence-corrected chi connectivity index (χ0v) is 9.85. The lowest BCUT2D eigenvalue weighted by molar-refractivity contribution is 0.0342. The van der Waals surface area contributed by atoms with E-state index in [1.807, 2.05) is 0 Å². The van der Waals surface area contributed by atoms with Gasteiger partial charge in [0.05, 0.1) is 11.5 Å². The van der Waals surface area contributed by atoms with Gasteiger partial charge < -0.3 is 0 Å². The smallest absolute Gasteiger partial charge is 0.151 e. The number of rotatable bonds is 0. The molecule has 1 heterocycles. The van der Waals surface area contributed by atoms with E-state index in [4.69, 9.17) is 0 Å². The second-order valence-electron chi connectivity index (χ2n) is 5.68. The molecule has 2 aliphatic carbocycles. The maximum atomic E-state index is 11.9. The summed E-state index contributed by atoms with van der Waals surface area (Å²) < 4.78 is 23.9. The average molecular weight is 226 g/mol. The van der Waals surface area contributed by atoms with Crippen LogP contribution in [0.15, 0.2) is 12.2 Å². The van der Waals surface area contributed by atoms with E-state index in [9.17, 15) is 8.42 Å². The van der Waals surface area contributed by atoms with Crippen LogP contribution in [0.3, 0.4) is 0 Å². The first-order valence-corrected chi connectivity index (χ1v) is 7.75. The number of hydrogen-bond acceptors (Lipinski definition) is 2. The third-order valence-corrected chi connectivity index (χ3v) is 6.85. The second kappa shape index (κ2) is 2.88. The highest BCUT2D eigenvalue weighted by molar-refractivity contribution is 7.91. The summed E-state index contributed by atoms with van der Waals surface area (Å²) >= 11 is 0. The molecular weight excluding hydrogens is 208 g/mol. The molecule has 0 aromatic carbocycles. The summed E-state index contributed by atoms with van der Waals surface area (Å²) in [6.45, 7) is 0. The molecule has 2 atom stereocenters. The Kier molecular flexibility index (Phi) is 1.89. The van der Waals surface area contributed by atoms with E-state index >= 15 is 0 Å². The third kappa shape index (κ3) is 1.25. The highest BCUT2D eigenvalue weighted by Gasteiger charge is 2.60. The van der Waals surface area contributed by atoms with Crippen LogP contribution >= 0.6 is 0 Å². The molecule has 0 N–H and O–H groups in total. The minimum atomic E-state index is -2.77. The summed E-state index contributed by atoms with van der Waals surface area (Å²) in [5.41, 5.74) is 0.248. The third-order valence-electron chi connectivity index (χ3n) is 4.86. The largest absolute Gasteiger partial charge is 0.229 e. The van der Waals surface area contributed by atoms with Gasteiger partial charge in [-0.3, -0.25) is 0 Å². The van der Waals surface area contributed by atoms with E-state index < -0.39 is 9.84 Å². The van der Waals surface area contributed by atoms with Crippen molar-refractivity contribution in [3.8, 4) is 0 Å². The first kappa shape index (κ1) is 9.88. The Morgan fingerprint density at radius 1 is 0.867 bits per heavy atom. The second-order valence-corrected chi connectivity index (χ2v) is 7.74. The van der Waals surface area contributed by atoms with Crippen molar-refractivity contribution in [1.82, 2.24) is 0 Å². The van der Waals surface area contributed by atoms with Crippen LogP contribution in [0, 0.1) is 10.8 Å². The van der Waals surface area contributed by atoms with Crippen LogP contribution in [0.25, 0.3) is 0 Å². The van der Waals surface area contributed by atoms with Crippen molar-refractivity contribution in [1.29, 1.82) is 0 Å². The molecule has 0 aromatic rings. The molecule has 0 radical (unpaired) electrons. The van der Waals surface area contributed by atoms with Gasteiger partial charge >= 0.3 is 0 Å². The van der Waals surface area contributed by atoms with E-state index in [1.54, 1.807) is 0 Å². The lowest BCUT2D eigenvalue weighted by Gasteiger charge is -2.50. The van der Waals surface area contributed by atoms with Crippen LogP contribution in [0.4, 0.5) is 0 Å². The summed E-state index contributed by atoms with van der Waals surface area (Å²) in [5.74, 6) is 0.925. The van der Waals surface area contributed by atoms with Crippen molar-refractivity contribution in [2.24, 2.45) is 10.8 Å². The van der Waals surface area contributed by atoms with Crippen molar-refractivity contribution in [2.75, 3.05) is 11.5 Å². The fourth-order valence-electron chi connectivity index (χ4n) is 4.17. The number of sulfone groups is 1. The lowest BCUT2D eigenvalue weighted by atomic mass is 9.53. The first-order chi connectivity index (χ1) is 7.08. The molecule has 0 amide bonds. The van der Waals surface area contributed by atoms with E-state index in [2.05, 4.69) is 12.2 Å². The van der Waals surface area contributed by atoms with Crippen LogP contribution in [-0.2, 0) is 9.84 Å². The Bertz CT molecular complexity index is 377. The molecule has 3 aliphatic rings. The topological polar surface area (TPSA) is 34.1 Å². The van der Waals surface area contributed by atoms with Gasteiger partial charge in [0.15, 0.2) is 9.84 Å². The van der Waals surface area contributed by atoms with Gasteiger partial charge in [0.1, 0.15) is 0 Å². The highest BCUT2D eigenvalue weighted by Crippen LogP contribution is 2.62. The lowest BCUT2D eigenvalue weighted by Crippen LogP contribution is -2.44. The van der Waals surface area contributed by atoms with E-state index in [0.717, 1.165) is 25.7 Å². The summed E-state index contributed by atoms with van der Waals surface area (Å²) in [6.07, 6.45) is 11.2. The maximum absolute atomic E-state index is 11.9. The normalized spacial score (nSPS) is 47.2.